The number of nitrogens with zero attached hydrogens (tertiary/aromatic N) is 3. The van der Waals surface area contributed by atoms with Gasteiger partial charge in [0.25, 0.3) is 5.56 Å². The molecular formula is C11H10BrN3O2. The highest BCUT2D eigenvalue weighted by molar-refractivity contribution is 9.10. The first kappa shape index (κ1) is 11.8. The molecule has 0 saturated carbocycles. The Labute approximate surface area is 105 Å². The largest absolute Gasteiger partial charge is 0.336 e. The molecule has 0 saturated heterocycles. The Morgan fingerprint density at radius 1 is 1.29 bits per heavy atom. The van der Waals surface area contributed by atoms with Gasteiger partial charge in [0, 0.05) is 29.5 Å². The molecule has 0 amide bonds. The van der Waals surface area contributed by atoms with Gasteiger partial charge in [-0.3, -0.25) is 4.79 Å². The molecule has 0 aliphatic heterocycles. The van der Waals surface area contributed by atoms with Crippen molar-refractivity contribution in [1.82, 2.24) is 14.1 Å². The third-order valence-electron chi connectivity index (χ3n) is 2.50. The van der Waals surface area contributed by atoms with E-state index >= 15 is 0 Å². The van der Waals surface area contributed by atoms with Gasteiger partial charge in [-0.1, -0.05) is 0 Å². The second kappa shape index (κ2) is 4.29. The van der Waals surface area contributed by atoms with Crippen LogP contribution in [0.2, 0.25) is 0 Å². The number of aromatic nitrogens is 3. The van der Waals surface area contributed by atoms with Crippen molar-refractivity contribution in [3.63, 3.8) is 0 Å². The summed E-state index contributed by atoms with van der Waals surface area (Å²) >= 11 is 3.25. The third kappa shape index (κ3) is 2.08. The summed E-state index contributed by atoms with van der Waals surface area (Å²) in [5, 5.41) is 0. The molecule has 88 valence electrons. The fraction of sp³-hybridized carbons (Fsp3) is 0.182. The lowest BCUT2D eigenvalue weighted by Gasteiger charge is -2.08. The maximum Gasteiger partial charge on any atom is 0.336 e. The predicted octanol–water partition coefficient (Wildman–Crippen LogP) is 1.00. The van der Waals surface area contributed by atoms with E-state index in [0.717, 1.165) is 9.04 Å². The van der Waals surface area contributed by atoms with E-state index < -0.39 is 5.69 Å². The summed E-state index contributed by atoms with van der Waals surface area (Å²) in [5.41, 5.74) is -0.154. The molecule has 0 aromatic carbocycles. The Morgan fingerprint density at radius 2 is 2.00 bits per heavy atom. The van der Waals surface area contributed by atoms with E-state index in [2.05, 4.69) is 20.9 Å². The molecule has 0 atom stereocenters. The highest BCUT2D eigenvalue weighted by Gasteiger charge is 2.08. The van der Waals surface area contributed by atoms with Gasteiger partial charge in [0.15, 0.2) is 0 Å². The number of rotatable bonds is 1. The minimum atomic E-state index is -0.398. The van der Waals surface area contributed by atoms with Crippen LogP contribution >= 0.6 is 15.9 Å². The van der Waals surface area contributed by atoms with Gasteiger partial charge in [0.1, 0.15) is 5.82 Å². The van der Waals surface area contributed by atoms with Crippen LogP contribution < -0.4 is 11.2 Å². The van der Waals surface area contributed by atoms with Crippen LogP contribution in [0.3, 0.4) is 0 Å². The van der Waals surface area contributed by atoms with E-state index in [4.69, 9.17) is 0 Å². The molecule has 0 bridgehead atoms. The average Bonchev–Trinajstić information content (AvgIpc) is 2.29. The van der Waals surface area contributed by atoms with Crippen molar-refractivity contribution in [2.45, 2.75) is 6.92 Å². The van der Waals surface area contributed by atoms with E-state index in [9.17, 15) is 9.59 Å². The number of halogens is 1. The van der Waals surface area contributed by atoms with Crippen LogP contribution in [0.25, 0.3) is 5.82 Å². The van der Waals surface area contributed by atoms with E-state index in [1.807, 2.05) is 0 Å². The van der Waals surface area contributed by atoms with Crippen LogP contribution in [0.5, 0.6) is 0 Å². The fourth-order valence-corrected chi connectivity index (χ4v) is 1.68. The summed E-state index contributed by atoms with van der Waals surface area (Å²) in [4.78, 5) is 27.8. The quantitative estimate of drug-likeness (QED) is 0.789. The molecule has 2 aromatic heterocycles. The first-order chi connectivity index (χ1) is 8.00. The molecule has 2 rings (SSSR count). The third-order valence-corrected chi connectivity index (χ3v) is 2.97. The van der Waals surface area contributed by atoms with E-state index in [1.54, 1.807) is 32.3 Å². The summed E-state index contributed by atoms with van der Waals surface area (Å²) in [5.74, 6) is 0.318. The van der Waals surface area contributed by atoms with Crippen molar-refractivity contribution in [3.05, 3.63) is 55.4 Å². The zero-order valence-corrected chi connectivity index (χ0v) is 10.9. The molecule has 0 aliphatic carbocycles. The average molecular weight is 296 g/mol. The number of aryl methyl sites for hydroxylation is 1. The van der Waals surface area contributed by atoms with Crippen molar-refractivity contribution >= 4 is 15.9 Å². The second-order valence-corrected chi connectivity index (χ2v) is 4.55. The Bertz CT molecular complexity index is 671. The molecule has 6 heteroatoms. The van der Waals surface area contributed by atoms with Gasteiger partial charge in [-0.25, -0.2) is 14.3 Å². The van der Waals surface area contributed by atoms with E-state index in [1.165, 1.54) is 10.6 Å². The van der Waals surface area contributed by atoms with Crippen LogP contribution in [0.15, 0.2) is 38.5 Å². The second-order valence-electron chi connectivity index (χ2n) is 3.64. The van der Waals surface area contributed by atoms with Gasteiger partial charge in [0.05, 0.1) is 0 Å². The van der Waals surface area contributed by atoms with Crippen LogP contribution in [-0.4, -0.2) is 14.1 Å². The molecule has 0 fully saturated rings. The molecule has 0 spiro atoms. The fourth-order valence-electron chi connectivity index (χ4n) is 1.45. The van der Waals surface area contributed by atoms with Gasteiger partial charge in [-0.2, -0.15) is 0 Å². The van der Waals surface area contributed by atoms with Crippen molar-refractivity contribution in [1.29, 1.82) is 0 Å². The SMILES string of the molecule is Cc1cc(=O)n(-c2ccc(Br)cn2)c(=O)n1C. The Balaban J connectivity index is 2.77. The number of pyridine rings is 1. The maximum atomic E-state index is 12.0. The first-order valence-corrected chi connectivity index (χ1v) is 5.71. The van der Waals surface area contributed by atoms with Crippen molar-refractivity contribution in [2.75, 3.05) is 0 Å². The monoisotopic (exact) mass is 295 g/mol. The van der Waals surface area contributed by atoms with Crippen molar-refractivity contribution in [2.24, 2.45) is 7.05 Å². The van der Waals surface area contributed by atoms with Crippen LogP contribution in [0, 0.1) is 6.92 Å². The zero-order chi connectivity index (χ0) is 12.6. The molecule has 5 nitrogen and oxygen atoms in total. The van der Waals surface area contributed by atoms with Gasteiger partial charge >= 0.3 is 5.69 Å². The highest BCUT2D eigenvalue weighted by atomic mass is 79.9. The van der Waals surface area contributed by atoms with Crippen LogP contribution in [0.4, 0.5) is 0 Å². The molecule has 2 aromatic rings. The minimum Gasteiger partial charge on any atom is -0.301 e. The summed E-state index contributed by atoms with van der Waals surface area (Å²) in [7, 11) is 1.62. The summed E-state index contributed by atoms with van der Waals surface area (Å²) in [6, 6.07) is 4.75. The van der Waals surface area contributed by atoms with Gasteiger partial charge in [0.2, 0.25) is 0 Å². The standard InChI is InChI=1S/C11H10BrN3O2/c1-7-5-10(16)15(11(17)14(7)2)9-4-3-8(12)6-13-9/h3-6H,1-2H3. The molecule has 0 N–H and O–H groups in total. The van der Waals surface area contributed by atoms with Crippen LogP contribution in [-0.2, 0) is 7.05 Å². The Morgan fingerprint density at radius 3 is 2.59 bits per heavy atom. The van der Waals surface area contributed by atoms with Crippen molar-refractivity contribution < 1.29 is 0 Å². The van der Waals surface area contributed by atoms with Gasteiger partial charge in [-0.15, -0.1) is 0 Å². The zero-order valence-electron chi connectivity index (χ0n) is 9.35. The molecule has 0 aliphatic rings. The lowest BCUT2D eigenvalue weighted by molar-refractivity contribution is 0.704. The van der Waals surface area contributed by atoms with E-state index in [-0.39, 0.29) is 5.56 Å². The van der Waals surface area contributed by atoms with E-state index in [0.29, 0.717) is 11.5 Å². The lowest BCUT2D eigenvalue weighted by Crippen LogP contribution is -2.38. The summed E-state index contributed by atoms with van der Waals surface area (Å²) in [6.45, 7) is 1.71. The van der Waals surface area contributed by atoms with Gasteiger partial charge < -0.3 is 4.57 Å². The maximum absolute atomic E-state index is 12.0. The number of hydrogen-bond acceptors (Lipinski definition) is 3. The predicted molar refractivity (Wildman–Crippen MR) is 67.5 cm³/mol. The highest BCUT2D eigenvalue weighted by Crippen LogP contribution is 2.08. The van der Waals surface area contributed by atoms with Crippen molar-refractivity contribution in [3.8, 4) is 5.82 Å². The summed E-state index contributed by atoms with van der Waals surface area (Å²) < 4.78 is 3.24. The van der Waals surface area contributed by atoms with Crippen LogP contribution in [0.1, 0.15) is 5.69 Å². The first-order valence-electron chi connectivity index (χ1n) is 4.92. The normalized spacial score (nSPS) is 10.5. The van der Waals surface area contributed by atoms with Gasteiger partial charge in [-0.05, 0) is 35.0 Å². The summed E-state index contributed by atoms with van der Waals surface area (Å²) in [6.07, 6.45) is 1.54. The molecule has 17 heavy (non-hydrogen) atoms. The molecule has 2 heterocycles. The topological polar surface area (TPSA) is 56.9 Å². The Hall–Kier alpha value is -1.69. The minimum absolute atomic E-state index is 0.318. The number of hydrogen-bond donors (Lipinski definition) is 0. The lowest BCUT2D eigenvalue weighted by atomic mass is 10.4. The Kier molecular flexibility index (Phi) is 2.97. The smallest absolute Gasteiger partial charge is 0.301 e. The molecule has 0 radical (unpaired) electrons. The molecule has 0 unspecified atom stereocenters. The molecular weight excluding hydrogens is 286 g/mol.